The SMILES string of the molecule is COc1cccc(-c2ccc(N3CCN(C(=O)c4ccc(F)cc4)CC3)nn2)c1. The summed E-state index contributed by atoms with van der Waals surface area (Å²) in [6, 6.07) is 17.2. The molecule has 3 aromatic rings. The van der Waals surface area contributed by atoms with Gasteiger partial charge in [0.25, 0.3) is 5.91 Å². The molecule has 1 aliphatic heterocycles. The minimum Gasteiger partial charge on any atom is -0.497 e. The Labute approximate surface area is 168 Å². The van der Waals surface area contributed by atoms with Gasteiger partial charge < -0.3 is 14.5 Å². The third-order valence-electron chi connectivity index (χ3n) is 5.00. The molecule has 1 aromatic heterocycles. The van der Waals surface area contributed by atoms with E-state index >= 15 is 0 Å². The fourth-order valence-corrected chi connectivity index (χ4v) is 3.34. The summed E-state index contributed by atoms with van der Waals surface area (Å²) in [7, 11) is 1.63. The largest absolute Gasteiger partial charge is 0.497 e. The van der Waals surface area contributed by atoms with Crippen LogP contribution in [0.5, 0.6) is 5.75 Å². The van der Waals surface area contributed by atoms with E-state index in [9.17, 15) is 9.18 Å². The molecule has 6 nitrogen and oxygen atoms in total. The number of carbonyl (C=O) groups excluding carboxylic acids is 1. The molecule has 0 unspecified atom stereocenters. The molecular formula is C22H21FN4O2. The summed E-state index contributed by atoms with van der Waals surface area (Å²) in [5, 5.41) is 8.71. The van der Waals surface area contributed by atoms with Crippen LogP contribution < -0.4 is 9.64 Å². The van der Waals surface area contributed by atoms with Crippen LogP contribution in [-0.4, -0.2) is 54.3 Å². The van der Waals surface area contributed by atoms with E-state index in [4.69, 9.17) is 4.74 Å². The highest BCUT2D eigenvalue weighted by Gasteiger charge is 2.23. The lowest BCUT2D eigenvalue weighted by Crippen LogP contribution is -2.49. The number of carbonyl (C=O) groups is 1. The fourth-order valence-electron chi connectivity index (χ4n) is 3.34. The normalized spacial score (nSPS) is 14.0. The summed E-state index contributed by atoms with van der Waals surface area (Å²) in [6.07, 6.45) is 0. The van der Waals surface area contributed by atoms with Gasteiger partial charge in [0, 0.05) is 37.3 Å². The first kappa shape index (κ1) is 18.9. The number of hydrogen-bond acceptors (Lipinski definition) is 5. The molecule has 1 fully saturated rings. The van der Waals surface area contributed by atoms with E-state index in [0.29, 0.717) is 31.7 Å². The molecule has 0 atom stereocenters. The van der Waals surface area contributed by atoms with Crippen LogP contribution >= 0.6 is 0 Å². The minimum absolute atomic E-state index is 0.0795. The van der Waals surface area contributed by atoms with E-state index in [1.165, 1.54) is 24.3 Å². The van der Waals surface area contributed by atoms with Crippen LogP contribution in [0.3, 0.4) is 0 Å². The van der Waals surface area contributed by atoms with Crippen molar-refractivity contribution in [3.8, 4) is 17.0 Å². The Kier molecular flexibility index (Phi) is 5.37. The molecule has 7 heteroatoms. The van der Waals surface area contributed by atoms with Crippen molar-refractivity contribution in [1.82, 2.24) is 15.1 Å². The molecule has 148 valence electrons. The lowest BCUT2D eigenvalue weighted by molar-refractivity contribution is 0.0746. The maximum Gasteiger partial charge on any atom is 0.253 e. The highest BCUT2D eigenvalue weighted by molar-refractivity contribution is 5.94. The molecule has 0 N–H and O–H groups in total. The van der Waals surface area contributed by atoms with Gasteiger partial charge in [-0.1, -0.05) is 12.1 Å². The standard InChI is InChI=1S/C22H21FN4O2/c1-29-19-4-2-3-17(15-19)20-9-10-21(25-24-20)26-11-13-27(14-12-26)22(28)16-5-7-18(23)8-6-16/h2-10,15H,11-14H2,1H3. The molecular weight excluding hydrogens is 371 g/mol. The number of methoxy groups -OCH3 is 1. The third kappa shape index (κ3) is 4.18. The molecule has 4 rings (SSSR count). The van der Waals surface area contributed by atoms with Crippen molar-refractivity contribution >= 4 is 11.7 Å². The lowest BCUT2D eigenvalue weighted by Gasteiger charge is -2.35. The smallest absolute Gasteiger partial charge is 0.253 e. The number of halogens is 1. The van der Waals surface area contributed by atoms with Crippen LogP contribution in [0.15, 0.2) is 60.7 Å². The van der Waals surface area contributed by atoms with Gasteiger partial charge in [-0.2, -0.15) is 0 Å². The Morgan fingerprint density at radius 1 is 0.966 bits per heavy atom. The van der Waals surface area contributed by atoms with Crippen LogP contribution in [0.2, 0.25) is 0 Å². The number of anilines is 1. The summed E-state index contributed by atoms with van der Waals surface area (Å²) in [5.41, 5.74) is 2.22. The molecule has 1 amide bonds. The Balaban J connectivity index is 1.39. The van der Waals surface area contributed by atoms with Crippen molar-refractivity contribution in [2.24, 2.45) is 0 Å². The van der Waals surface area contributed by atoms with E-state index in [1.807, 2.05) is 36.4 Å². The first-order chi connectivity index (χ1) is 14.1. The molecule has 2 aromatic carbocycles. The van der Waals surface area contributed by atoms with Crippen LogP contribution in [0.1, 0.15) is 10.4 Å². The lowest BCUT2D eigenvalue weighted by atomic mass is 10.1. The minimum atomic E-state index is -0.345. The van der Waals surface area contributed by atoms with Crippen LogP contribution in [0.4, 0.5) is 10.2 Å². The van der Waals surface area contributed by atoms with Gasteiger partial charge in [-0.05, 0) is 48.5 Å². The van der Waals surface area contributed by atoms with Crippen molar-refractivity contribution in [2.75, 3.05) is 38.2 Å². The van der Waals surface area contributed by atoms with Gasteiger partial charge in [0.1, 0.15) is 11.6 Å². The molecule has 0 radical (unpaired) electrons. The van der Waals surface area contributed by atoms with Gasteiger partial charge in [-0.3, -0.25) is 4.79 Å². The predicted octanol–water partition coefficient (Wildman–Crippen LogP) is 3.25. The maximum absolute atomic E-state index is 13.1. The van der Waals surface area contributed by atoms with Gasteiger partial charge in [0.05, 0.1) is 12.8 Å². The summed E-state index contributed by atoms with van der Waals surface area (Å²) in [5.74, 6) is 1.13. The Hall–Kier alpha value is -3.48. The average Bonchev–Trinajstić information content (AvgIpc) is 2.79. The van der Waals surface area contributed by atoms with E-state index in [1.54, 1.807) is 12.0 Å². The first-order valence-electron chi connectivity index (χ1n) is 9.42. The van der Waals surface area contributed by atoms with Gasteiger partial charge in [0.15, 0.2) is 5.82 Å². The van der Waals surface area contributed by atoms with Gasteiger partial charge in [-0.15, -0.1) is 10.2 Å². The Morgan fingerprint density at radius 3 is 2.38 bits per heavy atom. The highest BCUT2D eigenvalue weighted by Crippen LogP contribution is 2.23. The number of nitrogens with zero attached hydrogens (tertiary/aromatic N) is 4. The number of ether oxygens (including phenoxy) is 1. The second-order valence-electron chi connectivity index (χ2n) is 6.79. The highest BCUT2D eigenvalue weighted by atomic mass is 19.1. The average molecular weight is 392 g/mol. The zero-order valence-electron chi connectivity index (χ0n) is 16.1. The van der Waals surface area contributed by atoms with Crippen molar-refractivity contribution < 1.29 is 13.9 Å². The molecule has 0 saturated carbocycles. The topological polar surface area (TPSA) is 58.6 Å². The predicted molar refractivity (Wildman–Crippen MR) is 109 cm³/mol. The fraction of sp³-hybridized carbons (Fsp3) is 0.227. The Morgan fingerprint density at radius 2 is 1.72 bits per heavy atom. The van der Waals surface area contributed by atoms with E-state index in [-0.39, 0.29) is 11.7 Å². The molecule has 2 heterocycles. The monoisotopic (exact) mass is 392 g/mol. The summed E-state index contributed by atoms with van der Waals surface area (Å²) >= 11 is 0. The second kappa shape index (κ2) is 8.26. The Bertz CT molecular complexity index is 984. The van der Waals surface area contributed by atoms with Gasteiger partial charge >= 0.3 is 0 Å². The van der Waals surface area contributed by atoms with E-state index < -0.39 is 0 Å². The summed E-state index contributed by atoms with van der Waals surface area (Å²) in [4.78, 5) is 16.4. The maximum atomic E-state index is 13.1. The van der Waals surface area contributed by atoms with Crippen LogP contribution in [-0.2, 0) is 0 Å². The number of hydrogen-bond donors (Lipinski definition) is 0. The van der Waals surface area contributed by atoms with Crippen LogP contribution in [0.25, 0.3) is 11.3 Å². The number of amides is 1. The number of benzene rings is 2. The van der Waals surface area contributed by atoms with Gasteiger partial charge in [-0.25, -0.2) is 4.39 Å². The van der Waals surface area contributed by atoms with Crippen molar-refractivity contribution in [3.05, 3.63) is 72.0 Å². The number of piperazine rings is 1. The molecule has 1 saturated heterocycles. The second-order valence-corrected chi connectivity index (χ2v) is 6.79. The zero-order chi connectivity index (χ0) is 20.2. The summed E-state index contributed by atoms with van der Waals surface area (Å²) < 4.78 is 18.3. The zero-order valence-corrected chi connectivity index (χ0v) is 16.1. The molecule has 0 aliphatic carbocycles. The third-order valence-corrected chi connectivity index (χ3v) is 5.00. The number of rotatable bonds is 4. The van der Waals surface area contributed by atoms with Gasteiger partial charge in [0.2, 0.25) is 0 Å². The molecule has 29 heavy (non-hydrogen) atoms. The van der Waals surface area contributed by atoms with Crippen molar-refractivity contribution in [3.63, 3.8) is 0 Å². The number of aromatic nitrogens is 2. The van der Waals surface area contributed by atoms with E-state index in [2.05, 4.69) is 15.1 Å². The van der Waals surface area contributed by atoms with Crippen molar-refractivity contribution in [1.29, 1.82) is 0 Å². The molecule has 0 spiro atoms. The molecule has 1 aliphatic rings. The quantitative estimate of drug-likeness (QED) is 0.682. The molecule has 0 bridgehead atoms. The summed E-state index contributed by atoms with van der Waals surface area (Å²) in [6.45, 7) is 2.49. The van der Waals surface area contributed by atoms with E-state index in [0.717, 1.165) is 22.8 Å². The van der Waals surface area contributed by atoms with Crippen molar-refractivity contribution in [2.45, 2.75) is 0 Å². The van der Waals surface area contributed by atoms with Crippen LogP contribution in [0, 0.1) is 5.82 Å². The first-order valence-corrected chi connectivity index (χ1v) is 9.42.